The molecule has 100 valence electrons. The van der Waals surface area contributed by atoms with Gasteiger partial charge in [0.25, 0.3) is 0 Å². The van der Waals surface area contributed by atoms with Crippen molar-refractivity contribution >= 4 is 29.0 Å². The number of imide groups is 1. The second-order valence-corrected chi connectivity index (χ2v) is 5.72. The Labute approximate surface area is 113 Å². The fraction of sp³-hybridized carbons (Fsp3) is 0.769. The Morgan fingerprint density at radius 1 is 1.33 bits per heavy atom. The summed E-state index contributed by atoms with van der Waals surface area (Å²) < 4.78 is 0. The lowest BCUT2D eigenvalue weighted by Gasteiger charge is -2.25. The molecule has 2 aliphatic rings. The number of thiocarbonyl (C=S) groups is 1. The highest BCUT2D eigenvalue weighted by molar-refractivity contribution is 7.80. The first-order valence-corrected chi connectivity index (χ1v) is 7.15. The molecule has 2 N–H and O–H groups in total. The molecule has 1 saturated heterocycles. The van der Waals surface area contributed by atoms with Gasteiger partial charge in [-0.15, -0.1) is 0 Å². The van der Waals surface area contributed by atoms with Gasteiger partial charge in [0.15, 0.2) is 0 Å². The molecule has 2 amide bonds. The van der Waals surface area contributed by atoms with Gasteiger partial charge in [0.1, 0.15) is 0 Å². The van der Waals surface area contributed by atoms with Gasteiger partial charge in [-0.05, 0) is 19.3 Å². The van der Waals surface area contributed by atoms with E-state index in [1.165, 1.54) is 4.90 Å². The van der Waals surface area contributed by atoms with Crippen molar-refractivity contribution in [2.45, 2.75) is 51.5 Å². The highest BCUT2D eigenvalue weighted by Crippen LogP contribution is 2.39. The zero-order chi connectivity index (χ0) is 13.3. The van der Waals surface area contributed by atoms with Crippen molar-refractivity contribution in [2.24, 2.45) is 17.6 Å². The van der Waals surface area contributed by atoms with Crippen molar-refractivity contribution in [2.75, 3.05) is 0 Å². The van der Waals surface area contributed by atoms with Gasteiger partial charge in [0.2, 0.25) is 11.8 Å². The quantitative estimate of drug-likeness (QED) is 0.621. The molecule has 0 aromatic heterocycles. The van der Waals surface area contributed by atoms with Crippen LogP contribution in [-0.4, -0.2) is 27.7 Å². The topological polar surface area (TPSA) is 63.4 Å². The van der Waals surface area contributed by atoms with Gasteiger partial charge in [-0.1, -0.05) is 38.4 Å². The lowest BCUT2D eigenvalue weighted by molar-refractivity contribution is -0.141. The zero-order valence-corrected chi connectivity index (χ0v) is 11.5. The molecular weight excluding hydrogens is 248 g/mol. The van der Waals surface area contributed by atoms with Gasteiger partial charge in [-0.3, -0.25) is 14.5 Å². The number of rotatable bonds is 4. The van der Waals surface area contributed by atoms with E-state index >= 15 is 0 Å². The van der Waals surface area contributed by atoms with Crippen LogP contribution in [0.2, 0.25) is 0 Å². The molecule has 1 aliphatic carbocycles. The van der Waals surface area contributed by atoms with Crippen LogP contribution in [0.3, 0.4) is 0 Å². The summed E-state index contributed by atoms with van der Waals surface area (Å²) in [5, 5.41) is 0. The van der Waals surface area contributed by atoms with E-state index in [0.717, 1.165) is 32.1 Å². The third kappa shape index (κ3) is 2.16. The molecule has 3 unspecified atom stereocenters. The van der Waals surface area contributed by atoms with Gasteiger partial charge < -0.3 is 5.73 Å². The summed E-state index contributed by atoms with van der Waals surface area (Å²) in [5.74, 6) is -0.313. The van der Waals surface area contributed by atoms with Crippen LogP contribution in [0, 0.1) is 11.8 Å². The van der Waals surface area contributed by atoms with E-state index in [2.05, 4.69) is 0 Å². The number of carbonyl (C=O) groups excluding carboxylic acids is 2. The van der Waals surface area contributed by atoms with Crippen LogP contribution in [0.5, 0.6) is 0 Å². The second-order valence-electron chi connectivity index (χ2n) is 5.25. The first kappa shape index (κ1) is 13.5. The van der Waals surface area contributed by atoms with Gasteiger partial charge in [0.05, 0.1) is 22.9 Å². The SMILES string of the molecule is CCCC(C(N)=S)N1C(=O)C2CCCCC2C1=O. The highest BCUT2D eigenvalue weighted by Gasteiger charge is 2.50. The number of amides is 2. The molecule has 5 heteroatoms. The minimum Gasteiger partial charge on any atom is -0.392 e. The predicted octanol–water partition coefficient (Wildman–Crippen LogP) is 1.62. The van der Waals surface area contributed by atoms with E-state index in [-0.39, 0.29) is 34.7 Å². The Hall–Kier alpha value is -0.970. The van der Waals surface area contributed by atoms with Crippen molar-refractivity contribution in [1.82, 2.24) is 4.90 Å². The standard InChI is InChI=1S/C13H20N2O2S/c1-2-5-10(11(14)18)15-12(16)8-6-3-4-7-9(8)13(15)17/h8-10H,2-7H2,1H3,(H2,14,18). The predicted molar refractivity (Wildman–Crippen MR) is 72.8 cm³/mol. The number of nitrogens with two attached hydrogens (primary N) is 1. The molecule has 0 spiro atoms. The number of nitrogens with zero attached hydrogens (tertiary/aromatic N) is 1. The number of likely N-dealkylation sites (tertiary alicyclic amines) is 1. The molecule has 2 fully saturated rings. The molecule has 4 nitrogen and oxygen atoms in total. The van der Waals surface area contributed by atoms with Gasteiger partial charge in [0, 0.05) is 0 Å². The minimum absolute atomic E-state index is 0.0454. The number of hydrogen-bond donors (Lipinski definition) is 1. The van der Waals surface area contributed by atoms with Crippen molar-refractivity contribution in [3.05, 3.63) is 0 Å². The van der Waals surface area contributed by atoms with Gasteiger partial charge in [-0.25, -0.2) is 0 Å². The summed E-state index contributed by atoms with van der Waals surface area (Å²) in [6, 6.07) is -0.379. The Kier molecular flexibility index (Phi) is 4.00. The van der Waals surface area contributed by atoms with Crippen LogP contribution < -0.4 is 5.73 Å². The Bertz CT molecular complexity index is 359. The lowest BCUT2D eigenvalue weighted by atomic mass is 9.81. The Morgan fingerprint density at radius 2 is 1.83 bits per heavy atom. The molecule has 0 aromatic carbocycles. The maximum absolute atomic E-state index is 12.4. The summed E-state index contributed by atoms with van der Waals surface area (Å²) in [4.78, 5) is 26.4. The summed E-state index contributed by atoms with van der Waals surface area (Å²) in [6.07, 6.45) is 5.28. The summed E-state index contributed by atoms with van der Waals surface area (Å²) in [7, 11) is 0. The fourth-order valence-corrected chi connectivity index (χ4v) is 3.39. The normalized spacial score (nSPS) is 29.3. The molecule has 1 heterocycles. The molecule has 0 aromatic rings. The lowest BCUT2D eigenvalue weighted by Crippen LogP contribution is -2.47. The van der Waals surface area contributed by atoms with E-state index in [0.29, 0.717) is 6.42 Å². The largest absolute Gasteiger partial charge is 0.392 e. The summed E-state index contributed by atoms with van der Waals surface area (Å²) >= 11 is 5.02. The first-order chi connectivity index (χ1) is 8.57. The third-order valence-corrected chi connectivity index (χ3v) is 4.35. The molecular formula is C13H20N2O2S. The van der Waals surface area contributed by atoms with Crippen molar-refractivity contribution in [3.8, 4) is 0 Å². The van der Waals surface area contributed by atoms with E-state index in [4.69, 9.17) is 18.0 Å². The van der Waals surface area contributed by atoms with Crippen LogP contribution in [0.15, 0.2) is 0 Å². The monoisotopic (exact) mass is 268 g/mol. The van der Waals surface area contributed by atoms with Crippen LogP contribution >= 0.6 is 12.2 Å². The summed E-state index contributed by atoms with van der Waals surface area (Å²) in [6.45, 7) is 2.00. The van der Waals surface area contributed by atoms with Gasteiger partial charge >= 0.3 is 0 Å². The van der Waals surface area contributed by atoms with Crippen molar-refractivity contribution < 1.29 is 9.59 Å². The maximum Gasteiger partial charge on any atom is 0.233 e. The van der Waals surface area contributed by atoms with E-state index < -0.39 is 0 Å². The Morgan fingerprint density at radius 3 is 2.22 bits per heavy atom. The number of fused-ring (bicyclic) bond motifs is 1. The molecule has 18 heavy (non-hydrogen) atoms. The van der Waals surface area contributed by atoms with Gasteiger partial charge in [-0.2, -0.15) is 0 Å². The Balaban J connectivity index is 2.24. The van der Waals surface area contributed by atoms with E-state index in [1.807, 2.05) is 6.92 Å². The fourth-order valence-electron chi connectivity index (χ4n) is 3.17. The van der Waals surface area contributed by atoms with Crippen LogP contribution in [-0.2, 0) is 9.59 Å². The van der Waals surface area contributed by atoms with E-state index in [1.54, 1.807) is 0 Å². The van der Waals surface area contributed by atoms with Crippen LogP contribution in [0.25, 0.3) is 0 Å². The zero-order valence-electron chi connectivity index (χ0n) is 10.7. The average molecular weight is 268 g/mol. The smallest absolute Gasteiger partial charge is 0.233 e. The third-order valence-electron chi connectivity index (χ3n) is 4.08. The number of hydrogen-bond acceptors (Lipinski definition) is 3. The molecule has 1 saturated carbocycles. The highest BCUT2D eigenvalue weighted by atomic mass is 32.1. The molecule has 0 bridgehead atoms. The molecule has 1 aliphatic heterocycles. The molecule has 0 radical (unpaired) electrons. The average Bonchev–Trinajstić information content (AvgIpc) is 2.60. The first-order valence-electron chi connectivity index (χ1n) is 6.74. The number of carbonyl (C=O) groups is 2. The minimum atomic E-state index is -0.379. The molecule has 3 atom stereocenters. The molecule has 2 rings (SSSR count). The van der Waals surface area contributed by atoms with E-state index in [9.17, 15) is 9.59 Å². The second kappa shape index (κ2) is 5.34. The van der Waals surface area contributed by atoms with Crippen LogP contribution in [0.1, 0.15) is 45.4 Å². The van der Waals surface area contributed by atoms with Crippen molar-refractivity contribution in [3.63, 3.8) is 0 Å². The summed E-state index contributed by atoms with van der Waals surface area (Å²) in [5.41, 5.74) is 5.70. The maximum atomic E-state index is 12.4. The van der Waals surface area contributed by atoms with Crippen LogP contribution in [0.4, 0.5) is 0 Å². The van der Waals surface area contributed by atoms with Crippen molar-refractivity contribution in [1.29, 1.82) is 0 Å².